The number of hydrogen-bond donors (Lipinski definition) is 1. The van der Waals surface area contributed by atoms with Crippen LogP contribution in [-0.4, -0.2) is 61.8 Å². The van der Waals surface area contributed by atoms with Gasteiger partial charge in [0.15, 0.2) is 0 Å². The summed E-state index contributed by atoms with van der Waals surface area (Å²) in [5.74, 6) is -0.745. The molecule has 0 bridgehead atoms. The zero-order valence-electron chi connectivity index (χ0n) is 19.9. The van der Waals surface area contributed by atoms with Crippen molar-refractivity contribution < 1.29 is 33.6 Å². The van der Waals surface area contributed by atoms with Crippen LogP contribution in [-0.2, 0) is 14.3 Å². The highest BCUT2D eigenvalue weighted by molar-refractivity contribution is 6.46. The van der Waals surface area contributed by atoms with Crippen molar-refractivity contribution in [3.63, 3.8) is 0 Å². The SMILES string of the molecule is CCOc1cccc(C2/C(=C(\O)c3cc(OC)c(Cl)cc3OC)C(=O)C(=O)N2CC2CCCO2)c1. The van der Waals surface area contributed by atoms with Crippen molar-refractivity contribution in [3.05, 3.63) is 58.1 Å². The molecule has 2 unspecified atom stereocenters. The molecular formula is C26H28ClNO7. The zero-order valence-corrected chi connectivity index (χ0v) is 20.6. The van der Waals surface area contributed by atoms with Gasteiger partial charge in [0, 0.05) is 19.2 Å². The van der Waals surface area contributed by atoms with E-state index in [1.165, 1.54) is 31.3 Å². The maximum absolute atomic E-state index is 13.3. The van der Waals surface area contributed by atoms with Crippen molar-refractivity contribution in [2.45, 2.75) is 31.9 Å². The number of carbonyl (C=O) groups is 2. The Balaban J connectivity index is 1.89. The van der Waals surface area contributed by atoms with E-state index >= 15 is 0 Å². The summed E-state index contributed by atoms with van der Waals surface area (Å²) >= 11 is 6.23. The summed E-state index contributed by atoms with van der Waals surface area (Å²) in [5, 5.41) is 11.7. The quantitative estimate of drug-likeness (QED) is 0.326. The molecule has 4 rings (SSSR count). The molecule has 0 radical (unpaired) electrons. The third-order valence-electron chi connectivity index (χ3n) is 6.18. The number of ether oxygens (including phenoxy) is 4. The first-order chi connectivity index (χ1) is 16.9. The molecule has 2 atom stereocenters. The maximum Gasteiger partial charge on any atom is 0.295 e. The normalized spacial score (nSPS) is 21.4. The van der Waals surface area contributed by atoms with Gasteiger partial charge >= 0.3 is 0 Å². The largest absolute Gasteiger partial charge is 0.507 e. The number of carbonyl (C=O) groups excluding carboxylic acids is 2. The van der Waals surface area contributed by atoms with E-state index in [2.05, 4.69) is 0 Å². The van der Waals surface area contributed by atoms with Gasteiger partial charge in [0.25, 0.3) is 11.7 Å². The Morgan fingerprint density at radius 3 is 2.60 bits per heavy atom. The van der Waals surface area contributed by atoms with Crippen LogP contribution in [0.25, 0.3) is 5.76 Å². The van der Waals surface area contributed by atoms with Crippen molar-refractivity contribution in [3.8, 4) is 17.2 Å². The van der Waals surface area contributed by atoms with Gasteiger partial charge in [-0.2, -0.15) is 0 Å². The Morgan fingerprint density at radius 1 is 1.17 bits per heavy atom. The molecule has 1 N–H and O–H groups in total. The molecule has 0 spiro atoms. The summed E-state index contributed by atoms with van der Waals surface area (Å²) in [5.41, 5.74) is 0.772. The van der Waals surface area contributed by atoms with Crippen LogP contribution in [0.1, 0.15) is 36.9 Å². The first-order valence-corrected chi connectivity index (χ1v) is 11.8. The summed E-state index contributed by atoms with van der Waals surface area (Å²) in [7, 11) is 2.87. The smallest absolute Gasteiger partial charge is 0.295 e. The predicted molar refractivity (Wildman–Crippen MR) is 130 cm³/mol. The molecule has 2 aromatic rings. The van der Waals surface area contributed by atoms with Crippen LogP contribution in [0, 0.1) is 0 Å². The topological polar surface area (TPSA) is 94.5 Å². The monoisotopic (exact) mass is 501 g/mol. The Bertz CT molecular complexity index is 1160. The van der Waals surface area contributed by atoms with Crippen molar-refractivity contribution in [1.29, 1.82) is 0 Å². The first-order valence-electron chi connectivity index (χ1n) is 11.4. The average molecular weight is 502 g/mol. The van der Waals surface area contributed by atoms with E-state index in [9.17, 15) is 14.7 Å². The van der Waals surface area contributed by atoms with Crippen LogP contribution in [0.3, 0.4) is 0 Å². The predicted octanol–water partition coefficient (Wildman–Crippen LogP) is 4.36. The molecule has 2 heterocycles. The Hall–Kier alpha value is -3.23. The molecule has 35 heavy (non-hydrogen) atoms. The molecule has 1 amide bonds. The number of ketones is 1. The van der Waals surface area contributed by atoms with E-state index in [1.807, 2.05) is 6.92 Å². The summed E-state index contributed by atoms with van der Waals surface area (Å²) in [6, 6.07) is 9.29. The van der Waals surface area contributed by atoms with Gasteiger partial charge in [0.1, 0.15) is 23.0 Å². The fourth-order valence-corrected chi connectivity index (χ4v) is 4.79. The summed E-state index contributed by atoms with van der Waals surface area (Å²) in [4.78, 5) is 28.0. The molecule has 8 nitrogen and oxygen atoms in total. The lowest BCUT2D eigenvalue weighted by Gasteiger charge is -2.28. The number of benzene rings is 2. The van der Waals surface area contributed by atoms with Crippen LogP contribution in [0.4, 0.5) is 0 Å². The average Bonchev–Trinajstić information content (AvgIpc) is 3.46. The van der Waals surface area contributed by atoms with Gasteiger partial charge in [0.05, 0.1) is 49.1 Å². The number of methoxy groups -OCH3 is 2. The van der Waals surface area contributed by atoms with Crippen molar-refractivity contribution in [2.75, 3.05) is 34.0 Å². The molecule has 0 saturated carbocycles. The molecular weight excluding hydrogens is 474 g/mol. The van der Waals surface area contributed by atoms with Crippen molar-refractivity contribution in [1.82, 2.24) is 4.90 Å². The third kappa shape index (κ3) is 4.81. The van der Waals surface area contributed by atoms with Gasteiger partial charge in [-0.05, 0) is 43.5 Å². The fourth-order valence-electron chi connectivity index (χ4n) is 4.55. The van der Waals surface area contributed by atoms with Crippen LogP contribution in [0.2, 0.25) is 5.02 Å². The number of aliphatic hydroxyl groups excluding tert-OH is 1. The molecule has 2 aromatic carbocycles. The molecule has 0 aliphatic carbocycles. The van der Waals surface area contributed by atoms with Crippen LogP contribution in [0.15, 0.2) is 42.0 Å². The lowest BCUT2D eigenvalue weighted by Crippen LogP contribution is -2.36. The minimum absolute atomic E-state index is 0.0516. The molecule has 2 aliphatic rings. The number of rotatable bonds is 8. The lowest BCUT2D eigenvalue weighted by atomic mass is 9.94. The first kappa shape index (κ1) is 24.9. The van der Waals surface area contributed by atoms with Gasteiger partial charge in [-0.15, -0.1) is 0 Å². The van der Waals surface area contributed by atoms with Crippen LogP contribution in [0.5, 0.6) is 17.2 Å². The van der Waals surface area contributed by atoms with Crippen LogP contribution >= 0.6 is 11.6 Å². The number of Topliss-reactive ketones (excluding diaryl/α,β-unsaturated/α-hetero) is 1. The highest BCUT2D eigenvalue weighted by atomic mass is 35.5. The van der Waals surface area contributed by atoms with Crippen molar-refractivity contribution in [2.24, 2.45) is 0 Å². The number of likely N-dealkylation sites (tertiary alicyclic amines) is 1. The minimum atomic E-state index is -0.842. The Morgan fingerprint density at radius 2 is 1.94 bits per heavy atom. The lowest BCUT2D eigenvalue weighted by molar-refractivity contribution is -0.140. The fraction of sp³-hybridized carbons (Fsp3) is 0.385. The van der Waals surface area contributed by atoms with E-state index in [1.54, 1.807) is 24.3 Å². The number of hydrogen-bond acceptors (Lipinski definition) is 7. The molecule has 2 aliphatic heterocycles. The zero-order chi connectivity index (χ0) is 25.1. The number of aliphatic hydroxyl groups is 1. The third-order valence-corrected chi connectivity index (χ3v) is 6.47. The molecule has 2 fully saturated rings. The second-order valence-electron chi connectivity index (χ2n) is 8.28. The number of amides is 1. The van der Waals surface area contributed by atoms with Gasteiger partial charge < -0.3 is 29.0 Å². The highest BCUT2D eigenvalue weighted by Gasteiger charge is 2.47. The molecule has 9 heteroatoms. The van der Waals surface area contributed by atoms with E-state index in [-0.39, 0.29) is 46.1 Å². The standard InChI is InChI=1S/C26H28ClNO7/c1-4-34-16-8-5-7-15(11-16)23-22(25(30)26(31)28(23)14-17-9-6-10-35-17)24(29)18-12-21(33-3)19(27)13-20(18)32-2/h5,7-8,11-13,17,23,29H,4,6,9-10,14H2,1-3H3/b24-22+. The second kappa shape index (κ2) is 10.6. The number of halogens is 1. The molecule has 0 aromatic heterocycles. The number of nitrogens with zero attached hydrogens (tertiary/aromatic N) is 1. The summed E-state index contributed by atoms with van der Waals surface area (Å²) in [6.45, 7) is 3.17. The van der Waals surface area contributed by atoms with Crippen molar-refractivity contribution >= 4 is 29.1 Å². The summed E-state index contributed by atoms with van der Waals surface area (Å²) in [6.07, 6.45) is 1.49. The van der Waals surface area contributed by atoms with E-state index in [4.69, 9.17) is 30.5 Å². The molecule has 2 saturated heterocycles. The minimum Gasteiger partial charge on any atom is -0.507 e. The van der Waals surface area contributed by atoms with Gasteiger partial charge in [0.2, 0.25) is 0 Å². The van der Waals surface area contributed by atoms with Gasteiger partial charge in [-0.25, -0.2) is 0 Å². The van der Waals surface area contributed by atoms with E-state index in [0.29, 0.717) is 24.5 Å². The van der Waals surface area contributed by atoms with Crippen LogP contribution < -0.4 is 14.2 Å². The second-order valence-corrected chi connectivity index (χ2v) is 8.69. The van der Waals surface area contributed by atoms with E-state index in [0.717, 1.165) is 12.8 Å². The highest BCUT2D eigenvalue weighted by Crippen LogP contribution is 2.44. The Labute approximate surface area is 209 Å². The van der Waals surface area contributed by atoms with Gasteiger partial charge in [-0.1, -0.05) is 23.7 Å². The Kier molecular flexibility index (Phi) is 7.52. The molecule has 186 valence electrons. The summed E-state index contributed by atoms with van der Waals surface area (Å²) < 4.78 is 22.1. The van der Waals surface area contributed by atoms with E-state index < -0.39 is 17.7 Å². The van der Waals surface area contributed by atoms with Gasteiger partial charge in [-0.3, -0.25) is 9.59 Å². The maximum atomic E-state index is 13.3.